The van der Waals surface area contributed by atoms with Crippen molar-refractivity contribution in [3.05, 3.63) is 52.6 Å². The largest absolute Gasteiger partial charge is 0.497 e. The number of aliphatic imine (C=N–C) groups is 1. The molecule has 2 aliphatic carbocycles. The molecular formula is C27H32N4O2. The van der Waals surface area contributed by atoms with Gasteiger partial charge in [-0.1, -0.05) is 6.07 Å². The minimum atomic E-state index is -0.531. The predicted molar refractivity (Wildman–Crippen MR) is 129 cm³/mol. The zero-order valence-corrected chi connectivity index (χ0v) is 19.6. The summed E-state index contributed by atoms with van der Waals surface area (Å²) in [5, 5.41) is 13.2. The van der Waals surface area contributed by atoms with Crippen molar-refractivity contribution in [3.63, 3.8) is 0 Å². The molecule has 2 aromatic carbocycles. The number of methoxy groups -OCH3 is 2. The summed E-state index contributed by atoms with van der Waals surface area (Å²) < 4.78 is 11.1. The summed E-state index contributed by atoms with van der Waals surface area (Å²) in [5.41, 5.74) is 12.3. The lowest BCUT2D eigenvalue weighted by atomic mass is 9.56. The summed E-state index contributed by atoms with van der Waals surface area (Å²) >= 11 is 0. The number of ether oxygens (including phenoxy) is 2. The van der Waals surface area contributed by atoms with Gasteiger partial charge in [-0.15, -0.1) is 0 Å². The van der Waals surface area contributed by atoms with Crippen LogP contribution in [-0.2, 0) is 16.8 Å². The van der Waals surface area contributed by atoms with Crippen molar-refractivity contribution < 1.29 is 9.47 Å². The molecule has 33 heavy (non-hydrogen) atoms. The van der Waals surface area contributed by atoms with Crippen LogP contribution in [0.4, 0.5) is 0 Å². The first kappa shape index (κ1) is 22.1. The van der Waals surface area contributed by atoms with Crippen LogP contribution < -0.4 is 15.8 Å². The van der Waals surface area contributed by atoms with Gasteiger partial charge in [-0.2, -0.15) is 5.26 Å². The quantitative estimate of drug-likeness (QED) is 0.741. The number of hydrogen-bond acceptors (Lipinski definition) is 6. The van der Waals surface area contributed by atoms with Gasteiger partial charge in [-0.3, -0.25) is 10.3 Å². The Kier molecular flexibility index (Phi) is 5.52. The molecule has 2 unspecified atom stereocenters. The highest BCUT2D eigenvalue weighted by Crippen LogP contribution is 2.58. The lowest BCUT2D eigenvalue weighted by molar-refractivity contribution is -0.0314. The molecule has 0 radical (unpaired) electrons. The fraction of sp³-hybridized carbons (Fsp3) is 0.481. The Bertz CT molecular complexity index is 1140. The third kappa shape index (κ3) is 3.47. The Labute approximate surface area is 195 Å². The van der Waals surface area contributed by atoms with E-state index >= 15 is 0 Å². The molecule has 0 saturated heterocycles. The lowest BCUT2D eigenvalue weighted by Crippen LogP contribution is -2.59. The highest BCUT2D eigenvalue weighted by Gasteiger charge is 2.58. The van der Waals surface area contributed by atoms with Gasteiger partial charge in [0.15, 0.2) is 0 Å². The smallest absolute Gasteiger partial charge is 0.143 e. The van der Waals surface area contributed by atoms with Crippen LogP contribution in [0.2, 0.25) is 0 Å². The molecule has 2 aromatic rings. The second-order valence-corrected chi connectivity index (χ2v) is 9.76. The van der Waals surface area contributed by atoms with Crippen LogP contribution in [0.3, 0.4) is 0 Å². The maximum atomic E-state index is 9.52. The summed E-state index contributed by atoms with van der Waals surface area (Å²) in [6, 6.07) is 12.4. The zero-order chi connectivity index (χ0) is 23.2. The van der Waals surface area contributed by atoms with Crippen LogP contribution in [0.5, 0.6) is 5.75 Å². The maximum Gasteiger partial charge on any atom is 0.143 e. The van der Waals surface area contributed by atoms with E-state index in [1.165, 1.54) is 16.7 Å². The predicted octanol–water partition coefficient (Wildman–Crippen LogP) is 4.18. The highest BCUT2D eigenvalue weighted by molar-refractivity contribution is 5.73. The van der Waals surface area contributed by atoms with Crippen LogP contribution in [-0.4, -0.2) is 32.7 Å². The van der Waals surface area contributed by atoms with E-state index in [0.29, 0.717) is 17.4 Å². The van der Waals surface area contributed by atoms with E-state index in [1.807, 2.05) is 25.5 Å². The monoisotopic (exact) mass is 444 g/mol. The molecule has 0 amide bonds. The third-order valence-corrected chi connectivity index (χ3v) is 8.12. The SMILES string of the molecule is COc1cc(C#N)cc(-c2cc(C)c3c(c2)C2(N=CC(N)N2)C2(CC3)CCC(OC)CC2)c1. The van der Waals surface area contributed by atoms with E-state index in [-0.39, 0.29) is 11.6 Å². The van der Waals surface area contributed by atoms with Gasteiger partial charge in [0.2, 0.25) is 0 Å². The second-order valence-electron chi connectivity index (χ2n) is 9.76. The first-order valence-corrected chi connectivity index (χ1v) is 11.8. The molecule has 172 valence electrons. The Balaban J connectivity index is 1.67. The minimum absolute atomic E-state index is 0.0108. The number of aryl methyl sites for hydroxylation is 1. The number of nitrogens with zero attached hydrogens (tertiary/aromatic N) is 2. The number of nitriles is 1. The van der Waals surface area contributed by atoms with Crippen LogP contribution in [0.25, 0.3) is 11.1 Å². The van der Waals surface area contributed by atoms with Gasteiger partial charge in [-0.05, 0) is 97.5 Å². The highest BCUT2D eigenvalue weighted by atomic mass is 16.5. The van der Waals surface area contributed by atoms with Gasteiger partial charge in [0.25, 0.3) is 0 Å². The molecule has 1 aliphatic heterocycles. The number of hydrogen-bond donors (Lipinski definition) is 2. The van der Waals surface area contributed by atoms with Crippen molar-refractivity contribution in [2.45, 2.75) is 63.4 Å². The molecule has 1 saturated carbocycles. The number of rotatable bonds is 3. The van der Waals surface area contributed by atoms with E-state index in [1.54, 1.807) is 13.2 Å². The Morgan fingerprint density at radius 2 is 1.85 bits per heavy atom. The van der Waals surface area contributed by atoms with Gasteiger partial charge in [0.05, 0.1) is 31.0 Å². The van der Waals surface area contributed by atoms with Crippen molar-refractivity contribution in [3.8, 4) is 22.9 Å². The fourth-order valence-electron chi connectivity index (χ4n) is 6.35. The third-order valence-electron chi connectivity index (χ3n) is 8.12. The molecule has 6 nitrogen and oxygen atoms in total. The van der Waals surface area contributed by atoms with Crippen molar-refractivity contribution in [1.29, 1.82) is 5.26 Å². The number of nitrogens with one attached hydrogen (secondary N) is 1. The van der Waals surface area contributed by atoms with E-state index in [9.17, 15) is 5.26 Å². The molecule has 1 fully saturated rings. The van der Waals surface area contributed by atoms with Crippen LogP contribution >= 0.6 is 0 Å². The van der Waals surface area contributed by atoms with Crippen molar-refractivity contribution in [2.75, 3.05) is 14.2 Å². The van der Waals surface area contributed by atoms with E-state index in [0.717, 1.165) is 49.7 Å². The molecule has 1 heterocycles. The van der Waals surface area contributed by atoms with Gasteiger partial charge in [0, 0.05) is 18.7 Å². The molecule has 0 bridgehead atoms. The molecule has 0 aromatic heterocycles. The first-order chi connectivity index (χ1) is 15.9. The van der Waals surface area contributed by atoms with Gasteiger partial charge >= 0.3 is 0 Å². The summed E-state index contributed by atoms with van der Waals surface area (Å²) in [4.78, 5) is 5.14. The average Bonchev–Trinajstić information content (AvgIpc) is 3.24. The van der Waals surface area contributed by atoms with E-state index < -0.39 is 5.66 Å². The number of nitrogens with two attached hydrogens (primary N) is 1. The standard InChI is InChI=1S/C27H32N4O2/c1-17-10-19(20-11-18(15-28)12-22(13-20)33-3)14-24-23(17)6-9-26(7-4-21(32-2)5-8-26)27(24)30-16-25(29)31-27/h10-14,16,21,25,31H,4-9,29H2,1-3H3. The van der Waals surface area contributed by atoms with Crippen molar-refractivity contribution >= 4 is 6.21 Å². The van der Waals surface area contributed by atoms with Crippen molar-refractivity contribution in [2.24, 2.45) is 16.1 Å². The Morgan fingerprint density at radius 1 is 1.09 bits per heavy atom. The Morgan fingerprint density at radius 3 is 2.48 bits per heavy atom. The van der Waals surface area contributed by atoms with Gasteiger partial charge in [-0.25, -0.2) is 0 Å². The zero-order valence-electron chi connectivity index (χ0n) is 19.6. The molecular weight excluding hydrogens is 412 g/mol. The Hall–Kier alpha value is -2.72. The maximum absolute atomic E-state index is 9.52. The van der Waals surface area contributed by atoms with E-state index in [4.69, 9.17) is 20.2 Å². The molecule has 2 spiro atoms. The second kappa shape index (κ2) is 8.25. The van der Waals surface area contributed by atoms with Gasteiger partial charge in [0.1, 0.15) is 11.4 Å². The minimum Gasteiger partial charge on any atom is -0.497 e. The normalized spacial score (nSPS) is 30.4. The summed E-state index contributed by atoms with van der Waals surface area (Å²) in [6.45, 7) is 2.18. The van der Waals surface area contributed by atoms with Crippen molar-refractivity contribution in [1.82, 2.24) is 5.32 Å². The molecule has 3 N–H and O–H groups in total. The summed E-state index contributed by atoms with van der Waals surface area (Å²) in [7, 11) is 3.45. The van der Waals surface area contributed by atoms with Gasteiger partial charge < -0.3 is 15.2 Å². The topological polar surface area (TPSA) is 92.7 Å². The number of benzene rings is 2. The number of fused-ring (bicyclic) bond motifs is 3. The van der Waals surface area contributed by atoms with E-state index in [2.05, 4.69) is 30.4 Å². The average molecular weight is 445 g/mol. The van der Waals surface area contributed by atoms with Crippen LogP contribution in [0.1, 0.15) is 54.4 Å². The first-order valence-electron chi connectivity index (χ1n) is 11.8. The molecule has 6 heteroatoms. The fourth-order valence-corrected chi connectivity index (χ4v) is 6.35. The lowest BCUT2D eigenvalue weighted by Gasteiger charge is -2.54. The van der Waals surface area contributed by atoms with Crippen LogP contribution in [0, 0.1) is 23.7 Å². The molecule has 5 rings (SSSR count). The molecule has 2 atom stereocenters. The summed E-state index contributed by atoms with van der Waals surface area (Å²) in [5.74, 6) is 0.683. The molecule has 3 aliphatic rings. The van der Waals surface area contributed by atoms with Crippen LogP contribution in [0.15, 0.2) is 35.3 Å². The summed E-state index contributed by atoms with van der Waals surface area (Å²) in [6.07, 6.45) is 8.26.